The van der Waals surface area contributed by atoms with E-state index in [1.165, 1.54) is 6.42 Å². The Labute approximate surface area is 98.2 Å². The third-order valence-corrected chi connectivity index (χ3v) is 3.54. The first kappa shape index (κ1) is 13.5. The predicted molar refractivity (Wildman–Crippen MR) is 63.1 cm³/mol. The third-order valence-electron chi connectivity index (χ3n) is 3.54. The highest BCUT2D eigenvalue weighted by Crippen LogP contribution is 2.36. The van der Waals surface area contributed by atoms with E-state index in [4.69, 9.17) is 4.74 Å². The summed E-state index contributed by atoms with van der Waals surface area (Å²) in [6.07, 6.45) is 6.71. The molecule has 94 valence electrons. The van der Waals surface area contributed by atoms with Gasteiger partial charge in [0.2, 0.25) is 0 Å². The first-order valence-corrected chi connectivity index (χ1v) is 6.54. The molecular formula is C13H24O3. The first-order valence-electron chi connectivity index (χ1n) is 6.54. The molecule has 1 rings (SSSR count). The normalized spacial score (nSPS) is 21.4. The number of aliphatic hydroxyl groups is 1. The monoisotopic (exact) mass is 228 g/mol. The Morgan fingerprint density at radius 3 is 2.44 bits per heavy atom. The minimum atomic E-state index is -1.23. The molecule has 0 spiro atoms. The molecule has 0 aliphatic heterocycles. The molecule has 16 heavy (non-hydrogen) atoms. The molecule has 3 nitrogen and oxygen atoms in total. The summed E-state index contributed by atoms with van der Waals surface area (Å²) in [5.41, 5.74) is -1.23. The van der Waals surface area contributed by atoms with E-state index >= 15 is 0 Å². The summed E-state index contributed by atoms with van der Waals surface area (Å²) < 4.78 is 5.02. The molecule has 0 aromatic carbocycles. The van der Waals surface area contributed by atoms with Crippen molar-refractivity contribution in [1.82, 2.24) is 0 Å². The van der Waals surface area contributed by atoms with Crippen LogP contribution in [0.15, 0.2) is 0 Å². The maximum Gasteiger partial charge on any atom is 0.338 e. The standard InChI is InChI=1S/C13H24O3/c1-3-10-13(15,12(14)16-4-2)11-8-6-5-7-9-11/h11,15H,3-10H2,1-2H3. The fraction of sp³-hybridized carbons (Fsp3) is 0.923. The summed E-state index contributed by atoms with van der Waals surface area (Å²) in [6, 6.07) is 0. The van der Waals surface area contributed by atoms with Crippen molar-refractivity contribution < 1.29 is 14.6 Å². The zero-order valence-electron chi connectivity index (χ0n) is 10.5. The van der Waals surface area contributed by atoms with Crippen LogP contribution >= 0.6 is 0 Å². The van der Waals surface area contributed by atoms with Gasteiger partial charge in [0.25, 0.3) is 0 Å². The zero-order chi connectivity index (χ0) is 12.0. The van der Waals surface area contributed by atoms with Crippen molar-refractivity contribution in [2.24, 2.45) is 5.92 Å². The fourth-order valence-electron chi connectivity index (χ4n) is 2.69. The highest BCUT2D eigenvalue weighted by Gasteiger charge is 2.44. The molecule has 0 saturated heterocycles. The van der Waals surface area contributed by atoms with Gasteiger partial charge < -0.3 is 9.84 Å². The quantitative estimate of drug-likeness (QED) is 0.736. The summed E-state index contributed by atoms with van der Waals surface area (Å²) >= 11 is 0. The van der Waals surface area contributed by atoms with E-state index in [1.807, 2.05) is 6.92 Å². The van der Waals surface area contributed by atoms with Crippen LogP contribution in [0.4, 0.5) is 0 Å². The molecule has 1 saturated carbocycles. The van der Waals surface area contributed by atoms with E-state index in [1.54, 1.807) is 6.92 Å². The highest BCUT2D eigenvalue weighted by molar-refractivity contribution is 5.79. The lowest BCUT2D eigenvalue weighted by atomic mass is 9.75. The second-order valence-electron chi connectivity index (χ2n) is 4.73. The average Bonchev–Trinajstić information content (AvgIpc) is 2.30. The van der Waals surface area contributed by atoms with E-state index in [0.717, 1.165) is 32.1 Å². The van der Waals surface area contributed by atoms with Gasteiger partial charge in [-0.1, -0.05) is 32.6 Å². The maximum absolute atomic E-state index is 11.9. The number of carbonyl (C=O) groups is 1. The van der Waals surface area contributed by atoms with Gasteiger partial charge in [-0.25, -0.2) is 4.79 Å². The van der Waals surface area contributed by atoms with Crippen molar-refractivity contribution in [2.75, 3.05) is 6.61 Å². The summed E-state index contributed by atoms with van der Waals surface area (Å²) in [4.78, 5) is 11.9. The van der Waals surface area contributed by atoms with Crippen LogP contribution in [-0.2, 0) is 9.53 Å². The molecule has 1 fully saturated rings. The van der Waals surface area contributed by atoms with Crippen LogP contribution in [-0.4, -0.2) is 23.3 Å². The Balaban J connectivity index is 2.72. The van der Waals surface area contributed by atoms with E-state index in [9.17, 15) is 9.90 Å². The minimum Gasteiger partial charge on any atom is -0.464 e. The zero-order valence-corrected chi connectivity index (χ0v) is 10.5. The van der Waals surface area contributed by atoms with Gasteiger partial charge in [0.15, 0.2) is 5.60 Å². The molecular weight excluding hydrogens is 204 g/mol. The molecule has 1 aliphatic rings. The van der Waals surface area contributed by atoms with Gasteiger partial charge in [-0.15, -0.1) is 0 Å². The molecule has 0 bridgehead atoms. The van der Waals surface area contributed by atoms with Gasteiger partial charge in [-0.3, -0.25) is 0 Å². The molecule has 1 aliphatic carbocycles. The summed E-state index contributed by atoms with van der Waals surface area (Å²) in [6.45, 7) is 4.12. The molecule has 0 aromatic heterocycles. The van der Waals surface area contributed by atoms with Crippen LogP contribution in [0.1, 0.15) is 58.8 Å². The van der Waals surface area contributed by atoms with Gasteiger partial charge in [-0.2, -0.15) is 0 Å². The maximum atomic E-state index is 11.9. The van der Waals surface area contributed by atoms with Crippen LogP contribution < -0.4 is 0 Å². The Morgan fingerprint density at radius 1 is 1.31 bits per heavy atom. The number of rotatable bonds is 5. The molecule has 0 aromatic rings. The lowest BCUT2D eigenvalue weighted by Gasteiger charge is -2.36. The molecule has 0 heterocycles. The highest BCUT2D eigenvalue weighted by atomic mass is 16.5. The van der Waals surface area contributed by atoms with Gasteiger partial charge in [0.05, 0.1) is 6.61 Å². The number of hydrogen-bond donors (Lipinski definition) is 1. The second-order valence-corrected chi connectivity index (χ2v) is 4.73. The first-order chi connectivity index (χ1) is 7.65. The van der Waals surface area contributed by atoms with E-state index in [2.05, 4.69) is 0 Å². The third kappa shape index (κ3) is 2.97. The Kier molecular flexibility index (Phi) is 5.26. The molecule has 1 N–H and O–H groups in total. The molecule has 1 atom stereocenters. The molecule has 0 amide bonds. The second kappa shape index (κ2) is 6.24. The molecule has 0 radical (unpaired) electrons. The largest absolute Gasteiger partial charge is 0.464 e. The minimum absolute atomic E-state index is 0.0975. The lowest BCUT2D eigenvalue weighted by molar-refractivity contribution is -0.174. The van der Waals surface area contributed by atoms with Crippen LogP contribution in [0, 0.1) is 5.92 Å². The fourth-order valence-corrected chi connectivity index (χ4v) is 2.69. The summed E-state index contributed by atoms with van der Waals surface area (Å²) in [7, 11) is 0. The summed E-state index contributed by atoms with van der Waals surface area (Å²) in [5.74, 6) is -0.316. The van der Waals surface area contributed by atoms with Crippen molar-refractivity contribution in [3.8, 4) is 0 Å². The van der Waals surface area contributed by atoms with Gasteiger partial charge >= 0.3 is 5.97 Å². The number of hydrogen-bond acceptors (Lipinski definition) is 3. The molecule has 3 heteroatoms. The average molecular weight is 228 g/mol. The van der Waals surface area contributed by atoms with Crippen molar-refractivity contribution in [1.29, 1.82) is 0 Å². The van der Waals surface area contributed by atoms with E-state index in [-0.39, 0.29) is 5.92 Å². The Hall–Kier alpha value is -0.570. The van der Waals surface area contributed by atoms with Crippen LogP contribution in [0.25, 0.3) is 0 Å². The Morgan fingerprint density at radius 2 is 1.94 bits per heavy atom. The van der Waals surface area contributed by atoms with Gasteiger partial charge in [0.1, 0.15) is 0 Å². The van der Waals surface area contributed by atoms with Crippen molar-refractivity contribution in [3.05, 3.63) is 0 Å². The number of esters is 1. The van der Waals surface area contributed by atoms with Crippen LogP contribution in [0.5, 0.6) is 0 Å². The van der Waals surface area contributed by atoms with Crippen molar-refractivity contribution in [2.45, 2.75) is 64.4 Å². The van der Waals surface area contributed by atoms with Gasteiger partial charge in [-0.05, 0) is 32.1 Å². The Bertz CT molecular complexity index is 221. The van der Waals surface area contributed by atoms with Crippen LogP contribution in [0.3, 0.4) is 0 Å². The van der Waals surface area contributed by atoms with E-state index < -0.39 is 11.6 Å². The van der Waals surface area contributed by atoms with E-state index in [0.29, 0.717) is 13.0 Å². The summed E-state index contributed by atoms with van der Waals surface area (Å²) in [5, 5.41) is 10.6. The smallest absolute Gasteiger partial charge is 0.338 e. The number of carbonyl (C=O) groups excluding carboxylic acids is 1. The molecule has 1 unspecified atom stereocenters. The van der Waals surface area contributed by atoms with Gasteiger partial charge in [0, 0.05) is 0 Å². The lowest BCUT2D eigenvalue weighted by Crippen LogP contribution is -2.47. The topological polar surface area (TPSA) is 46.5 Å². The predicted octanol–water partition coefficient (Wildman–Crippen LogP) is 2.66. The van der Waals surface area contributed by atoms with Crippen molar-refractivity contribution in [3.63, 3.8) is 0 Å². The van der Waals surface area contributed by atoms with Crippen LogP contribution in [0.2, 0.25) is 0 Å². The SMILES string of the molecule is CCCC(O)(C(=O)OCC)C1CCCCC1. The van der Waals surface area contributed by atoms with Crippen molar-refractivity contribution >= 4 is 5.97 Å². The number of ether oxygens (including phenoxy) is 1.